The number of hydrogen-bond acceptors (Lipinski definition) is 6. The molecule has 0 aliphatic carbocycles. The van der Waals surface area contributed by atoms with Crippen LogP contribution in [0.1, 0.15) is 46.9 Å². The molecule has 0 radical (unpaired) electrons. The zero-order valence-corrected chi connectivity index (χ0v) is 17.4. The van der Waals surface area contributed by atoms with Gasteiger partial charge in [0.25, 0.3) is 5.91 Å². The largest absolute Gasteiger partial charge is 0.488 e. The first-order valence-electron chi connectivity index (χ1n) is 9.94. The smallest absolute Gasteiger partial charge is 0.273 e. The molecule has 1 aromatic carbocycles. The van der Waals surface area contributed by atoms with Crippen molar-refractivity contribution in [3.63, 3.8) is 0 Å². The van der Waals surface area contributed by atoms with Gasteiger partial charge in [0.2, 0.25) is 0 Å². The summed E-state index contributed by atoms with van der Waals surface area (Å²) in [6.07, 6.45) is 4.70. The first-order chi connectivity index (χ1) is 13.7. The van der Waals surface area contributed by atoms with E-state index < -0.39 is 0 Å². The van der Waals surface area contributed by atoms with Crippen LogP contribution in [-0.4, -0.2) is 53.3 Å². The number of amides is 1. The fourth-order valence-electron chi connectivity index (χ4n) is 3.60. The van der Waals surface area contributed by atoms with Crippen molar-refractivity contribution < 1.29 is 14.3 Å². The highest BCUT2D eigenvalue weighted by Crippen LogP contribution is 2.24. The zero-order chi connectivity index (χ0) is 19.3. The molecule has 8 nitrogen and oxygen atoms in total. The van der Waals surface area contributed by atoms with Crippen LogP contribution in [0, 0.1) is 6.92 Å². The number of carbonyl (C=O) groups is 1. The minimum Gasteiger partial charge on any atom is -0.488 e. The molecule has 0 saturated carbocycles. The molecule has 1 aromatic heterocycles. The lowest BCUT2D eigenvalue weighted by Gasteiger charge is -2.22. The number of ether oxygens (including phenoxy) is 2. The van der Waals surface area contributed by atoms with Crippen LogP contribution in [0.15, 0.2) is 24.4 Å². The van der Waals surface area contributed by atoms with Gasteiger partial charge in [-0.1, -0.05) is 17.3 Å². The Hall–Kier alpha value is -2.16. The zero-order valence-electron chi connectivity index (χ0n) is 16.6. The Labute approximate surface area is 176 Å². The van der Waals surface area contributed by atoms with Crippen molar-refractivity contribution in [2.24, 2.45) is 0 Å². The number of halogens is 1. The number of hydrogen-bond donors (Lipinski definition) is 2. The van der Waals surface area contributed by atoms with Gasteiger partial charge in [-0.15, -0.1) is 17.5 Å². The third kappa shape index (κ3) is 5.46. The van der Waals surface area contributed by atoms with Gasteiger partial charge in [0.15, 0.2) is 5.69 Å². The summed E-state index contributed by atoms with van der Waals surface area (Å²) in [6, 6.07) is 6.33. The quantitative estimate of drug-likeness (QED) is 0.741. The second-order valence-corrected chi connectivity index (χ2v) is 7.46. The topological polar surface area (TPSA) is 90.3 Å². The third-order valence-electron chi connectivity index (χ3n) is 5.27. The molecule has 1 atom stereocenters. The number of nitrogens with one attached hydrogen (secondary N) is 2. The molecule has 0 spiro atoms. The van der Waals surface area contributed by atoms with E-state index in [0.717, 1.165) is 55.8 Å². The number of carbonyl (C=O) groups excluding carboxylic acids is 1. The highest BCUT2D eigenvalue weighted by Gasteiger charge is 2.20. The first kappa shape index (κ1) is 21.5. The summed E-state index contributed by atoms with van der Waals surface area (Å²) >= 11 is 0. The molecule has 2 aromatic rings. The standard InChI is InChI=1S/C20H27N5O3.ClH/c1-14-2-3-15(19(10-14)28-17-6-9-27-13-17)11-22-20(26)18-12-25(24-23-18)16-4-7-21-8-5-16;/h2-3,10,12,16-17,21H,4-9,11,13H2,1H3,(H,22,26);1H. The molecule has 2 saturated heterocycles. The van der Waals surface area contributed by atoms with Crippen LogP contribution in [0.4, 0.5) is 0 Å². The van der Waals surface area contributed by atoms with Gasteiger partial charge in [-0.25, -0.2) is 4.68 Å². The summed E-state index contributed by atoms with van der Waals surface area (Å²) < 4.78 is 13.3. The van der Waals surface area contributed by atoms with E-state index in [4.69, 9.17) is 9.47 Å². The van der Waals surface area contributed by atoms with Crippen molar-refractivity contribution >= 4 is 18.3 Å². The second-order valence-electron chi connectivity index (χ2n) is 7.46. The van der Waals surface area contributed by atoms with Gasteiger partial charge in [0.05, 0.1) is 25.5 Å². The van der Waals surface area contributed by atoms with Crippen molar-refractivity contribution in [1.29, 1.82) is 0 Å². The molecule has 1 unspecified atom stereocenters. The van der Waals surface area contributed by atoms with E-state index in [0.29, 0.717) is 24.9 Å². The number of aromatic nitrogens is 3. The van der Waals surface area contributed by atoms with Crippen LogP contribution in [0.25, 0.3) is 0 Å². The average Bonchev–Trinajstić information content (AvgIpc) is 3.40. The molecule has 4 rings (SSSR count). The van der Waals surface area contributed by atoms with Gasteiger partial charge in [-0.3, -0.25) is 4.79 Å². The van der Waals surface area contributed by atoms with Crippen LogP contribution in [0.2, 0.25) is 0 Å². The monoisotopic (exact) mass is 421 g/mol. The molecule has 29 heavy (non-hydrogen) atoms. The van der Waals surface area contributed by atoms with Gasteiger partial charge in [0.1, 0.15) is 11.9 Å². The average molecular weight is 422 g/mol. The predicted octanol–water partition coefficient (Wildman–Crippen LogP) is 2.03. The minimum atomic E-state index is -0.226. The van der Waals surface area contributed by atoms with E-state index in [-0.39, 0.29) is 24.4 Å². The van der Waals surface area contributed by atoms with Crippen LogP contribution in [0.5, 0.6) is 5.75 Å². The molecule has 2 aliphatic heterocycles. The number of nitrogens with zero attached hydrogens (tertiary/aromatic N) is 3. The van der Waals surface area contributed by atoms with Gasteiger partial charge in [0, 0.05) is 18.5 Å². The van der Waals surface area contributed by atoms with E-state index in [1.165, 1.54) is 0 Å². The number of benzene rings is 1. The maximum Gasteiger partial charge on any atom is 0.273 e. The van der Waals surface area contributed by atoms with E-state index in [1.807, 2.05) is 29.8 Å². The summed E-state index contributed by atoms with van der Waals surface area (Å²) in [7, 11) is 0. The number of piperidine rings is 1. The van der Waals surface area contributed by atoms with E-state index in [1.54, 1.807) is 6.20 Å². The Balaban J connectivity index is 0.00000240. The normalized spacial score (nSPS) is 19.6. The molecule has 3 heterocycles. The van der Waals surface area contributed by atoms with Crippen molar-refractivity contribution in [2.75, 3.05) is 26.3 Å². The van der Waals surface area contributed by atoms with E-state index in [2.05, 4.69) is 20.9 Å². The number of rotatable bonds is 6. The molecule has 1 amide bonds. The Kier molecular flexibility index (Phi) is 7.46. The van der Waals surface area contributed by atoms with Crippen molar-refractivity contribution in [1.82, 2.24) is 25.6 Å². The van der Waals surface area contributed by atoms with Crippen molar-refractivity contribution in [3.8, 4) is 5.75 Å². The van der Waals surface area contributed by atoms with E-state index in [9.17, 15) is 4.79 Å². The summed E-state index contributed by atoms with van der Waals surface area (Å²) in [5.74, 6) is 0.574. The molecule has 2 fully saturated rings. The first-order valence-corrected chi connectivity index (χ1v) is 9.94. The Morgan fingerprint density at radius 2 is 2.17 bits per heavy atom. The lowest BCUT2D eigenvalue weighted by atomic mass is 10.1. The van der Waals surface area contributed by atoms with Crippen LogP contribution in [-0.2, 0) is 11.3 Å². The highest BCUT2D eigenvalue weighted by molar-refractivity contribution is 5.91. The molecule has 9 heteroatoms. The summed E-state index contributed by atoms with van der Waals surface area (Å²) in [4.78, 5) is 12.5. The lowest BCUT2D eigenvalue weighted by Crippen LogP contribution is -2.29. The molecule has 2 N–H and O–H groups in total. The summed E-state index contributed by atoms with van der Waals surface area (Å²) in [5, 5.41) is 14.5. The molecule has 2 aliphatic rings. The molecule has 158 valence electrons. The maximum atomic E-state index is 12.5. The summed E-state index contributed by atoms with van der Waals surface area (Å²) in [6.45, 7) is 5.68. The molecular weight excluding hydrogens is 394 g/mol. The summed E-state index contributed by atoms with van der Waals surface area (Å²) in [5.41, 5.74) is 2.41. The van der Waals surface area contributed by atoms with Gasteiger partial charge in [-0.05, 0) is 44.5 Å². The Bertz CT molecular complexity index is 816. The predicted molar refractivity (Wildman–Crippen MR) is 111 cm³/mol. The second kappa shape index (κ2) is 10.0. The SMILES string of the molecule is Cc1ccc(CNC(=O)c2cn(C3CCNCC3)nn2)c(OC2CCOC2)c1.Cl. The third-order valence-corrected chi connectivity index (χ3v) is 5.27. The Morgan fingerprint density at radius 3 is 2.93 bits per heavy atom. The van der Waals surface area contributed by atoms with Crippen molar-refractivity contribution in [3.05, 3.63) is 41.2 Å². The minimum absolute atomic E-state index is 0. The highest BCUT2D eigenvalue weighted by atomic mass is 35.5. The Morgan fingerprint density at radius 1 is 1.34 bits per heavy atom. The fraction of sp³-hybridized carbons (Fsp3) is 0.550. The van der Waals surface area contributed by atoms with Crippen LogP contribution < -0.4 is 15.4 Å². The molecule has 0 bridgehead atoms. The van der Waals surface area contributed by atoms with Crippen LogP contribution in [0.3, 0.4) is 0 Å². The van der Waals surface area contributed by atoms with Crippen LogP contribution >= 0.6 is 12.4 Å². The van der Waals surface area contributed by atoms with Gasteiger partial charge in [-0.2, -0.15) is 0 Å². The number of aryl methyl sites for hydroxylation is 1. The fourth-order valence-corrected chi connectivity index (χ4v) is 3.60. The van der Waals surface area contributed by atoms with Crippen molar-refractivity contribution in [2.45, 2.75) is 44.9 Å². The maximum absolute atomic E-state index is 12.5. The van der Waals surface area contributed by atoms with Gasteiger partial charge >= 0.3 is 0 Å². The lowest BCUT2D eigenvalue weighted by molar-refractivity contribution is 0.0945. The molecular formula is C20H28ClN5O3. The van der Waals surface area contributed by atoms with E-state index >= 15 is 0 Å². The van der Waals surface area contributed by atoms with Gasteiger partial charge < -0.3 is 20.1 Å².